The predicted octanol–water partition coefficient (Wildman–Crippen LogP) is -1.17. The number of nitrogens with zero attached hydrogens (tertiary/aromatic N) is 2. The van der Waals surface area contributed by atoms with Crippen LogP contribution in [0.1, 0.15) is 36.9 Å². The van der Waals surface area contributed by atoms with Crippen molar-refractivity contribution in [3.05, 3.63) is 54.1 Å². The first kappa shape index (κ1) is 28.3. The van der Waals surface area contributed by atoms with E-state index in [1.165, 1.54) is 17.4 Å². The molecule has 2 heterocycles. The van der Waals surface area contributed by atoms with Crippen LogP contribution in [0.25, 0.3) is 0 Å². The Morgan fingerprint density at radius 3 is 2.42 bits per heavy atom. The lowest BCUT2D eigenvalue weighted by Gasteiger charge is -2.29. The molecule has 1 saturated heterocycles. The number of hydrogen-bond acceptors (Lipinski definition) is 7. The minimum absolute atomic E-state index is 0.000216. The van der Waals surface area contributed by atoms with E-state index in [1.807, 2.05) is 6.07 Å². The Kier molecular flexibility index (Phi) is 9.93. The van der Waals surface area contributed by atoms with E-state index in [4.69, 9.17) is 11.5 Å². The van der Waals surface area contributed by atoms with Gasteiger partial charge in [0, 0.05) is 37.7 Å². The Morgan fingerprint density at radius 2 is 1.79 bits per heavy atom. The standard InChI is InChI=1S/C25H33N7O6/c26-17(8-9-21(27)33)22(34)30-18(12-16-13-28-14-29-16)23(35)31-19(11-15-5-2-1-3-6-15)24(36)32-10-4-7-20(32)25(37)38/h1-3,5-6,13-14,17-20H,4,7-12,26H2,(H2,27,33)(H,28,29)(H,30,34)(H,31,35)(H,37,38). The topological polar surface area (TPSA) is 214 Å². The molecule has 3 rings (SSSR count). The zero-order valence-electron chi connectivity index (χ0n) is 20.8. The van der Waals surface area contributed by atoms with E-state index in [-0.39, 0.29) is 32.2 Å². The largest absolute Gasteiger partial charge is 0.480 e. The van der Waals surface area contributed by atoms with Crippen LogP contribution >= 0.6 is 0 Å². The number of aliphatic carboxylic acids is 1. The average molecular weight is 528 g/mol. The number of H-pyrrole nitrogens is 1. The van der Waals surface area contributed by atoms with Crippen LogP contribution in [0.3, 0.4) is 0 Å². The number of amides is 4. The van der Waals surface area contributed by atoms with Gasteiger partial charge in [0.05, 0.1) is 12.4 Å². The molecule has 204 valence electrons. The second-order valence-corrected chi connectivity index (χ2v) is 9.23. The van der Waals surface area contributed by atoms with Crippen LogP contribution in [-0.4, -0.2) is 80.3 Å². The second-order valence-electron chi connectivity index (χ2n) is 9.23. The number of nitrogens with one attached hydrogen (secondary N) is 3. The van der Waals surface area contributed by atoms with E-state index in [0.717, 1.165) is 5.56 Å². The number of imidazole rings is 1. The van der Waals surface area contributed by atoms with Gasteiger partial charge in [-0.15, -0.1) is 0 Å². The number of hydrogen-bond donors (Lipinski definition) is 6. The van der Waals surface area contributed by atoms with Gasteiger partial charge in [0.25, 0.3) is 0 Å². The number of benzene rings is 1. The fraction of sp³-hybridized carbons (Fsp3) is 0.440. The molecular weight excluding hydrogens is 494 g/mol. The Hall–Kier alpha value is -4.26. The number of likely N-dealkylation sites (tertiary alicyclic amines) is 1. The van der Waals surface area contributed by atoms with Gasteiger partial charge in [-0.25, -0.2) is 9.78 Å². The summed E-state index contributed by atoms with van der Waals surface area (Å²) in [6.45, 7) is 0.264. The number of nitrogens with two attached hydrogens (primary N) is 2. The van der Waals surface area contributed by atoms with Crippen LogP contribution in [0.5, 0.6) is 0 Å². The van der Waals surface area contributed by atoms with Crippen LogP contribution in [0.15, 0.2) is 42.9 Å². The Bertz CT molecular complexity index is 1120. The number of rotatable bonds is 13. The summed E-state index contributed by atoms with van der Waals surface area (Å²) in [5.41, 5.74) is 12.3. The normalized spacial score (nSPS) is 17.3. The summed E-state index contributed by atoms with van der Waals surface area (Å²) in [4.78, 5) is 70.5. The van der Waals surface area contributed by atoms with Crippen LogP contribution in [0.4, 0.5) is 0 Å². The molecule has 2 aromatic rings. The number of carboxylic acids is 1. The molecule has 4 atom stereocenters. The smallest absolute Gasteiger partial charge is 0.326 e. The van der Waals surface area contributed by atoms with Crippen molar-refractivity contribution in [1.82, 2.24) is 25.5 Å². The van der Waals surface area contributed by atoms with E-state index in [9.17, 15) is 29.1 Å². The lowest BCUT2D eigenvalue weighted by atomic mass is 10.0. The molecule has 0 saturated carbocycles. The minimum atomic E-state index is -1.14. The SMILES string of the molecule is NC(=O)CCC(N)C(=O)NC(Cc1cnc[nH]1)C(=O)NC(Cc1ccccc1)C(=O)N1CCCC1C(=O)O. The quantitative estimate of drug-likeness (QED) is 0.186. The molecule has 0 aliphatic carbocycles. The molecular formula is C25H33N7O6. The van der Waals surface area contributed by atoms with Crippen molar-refractivity contribution in [2.24, 2.45) is 11.5 Å². The number of aromatic amines is 1. The third-order valence-electron chi connectivity index (χ3n) is 6.37. The van der Waals surface area contributed by atoms with Crippen molar-refractivity contribution in [3.63, 3.8) is 0 Å². The number of carbonyl (C=O) groups is 5. The van der Waals surface area contributed by atoms with Gasteiger partial charge in [-0.05, 0) is 24.8 Å². The monoisotopic (exact) mass is 527 g/mol. The van der Waals surface area contributed by atoms with Gasteiger partial charge >= 0.3 is 5.97 Å². The van der Waals surface area contributed by atoms with Crippen LogP contribution in [0, 0.1) is 0 Å². The Balaban J connectivity index is 1.81. The highest BCUT2D eigenvalue weighted by Gasteiger charge is 2.38. The van der Waals surface area contributed by atoms with Crippen molar-refractivity contribution < 1.29 is 29.1 Å². The molecule has 8 N–H and O–H groups in total. The molecule has 1 aromatic heterocycles. The fourth-order valence-corrected chi connectivity index (χ4v) is 4.34. The predicted molar refractivity (Wildman–Crippen MR) is 135 cm³/mol. The molecule has 1 aliphatic heterocycles. The Morgan fingerprint density at radius 1 is 1.08 bits per heavy atom. The number of aromatic nitrogens is 2. The molecule has 38 heavy (non-hydrogen) atoms. The average Bonchev–Trinajstić information content (AvgIpc) is 3.59. The highest BCUT2D eigenvalue weighted by atomic mass is 16.4. The minimum Gasteiger partial charge on any atom is -0.480 e. The van der Waals surface area contributed by atoms with E-state index in [1.54, 1.807) is 24.3 Å². The van der Waals surface area contributed by atoms with Crippen LogP contribution < -0.4 is 22.1 Å². The van der Waals surface area contributed by atoms with Gasteiger partial charge in [-0.3, -0.25) is 19.2 Å². The highest BCUT2D eigenvalue weighted by Crippen LogP contribution is 2.20. The van der Waals surface area contributed by atoms with E-state index in [0.29, 0.717) is 18.5 Å². The zero-order valence-corrected chi connectivity index (χ0v) is 20.8. The van der Waals surface area contributed by atoms with Crippen molar-refractivity contribution in [2.75, 3.05) is 6.54 Å². The lowest BCUT2D eigenvalue weighted by molar-refractivity contribution is -0.149. The molecule has 13 nitrogen and oxygen atoms in total. The number of carboxylic acid groups (broad SMARTS) is 1. The molecule has 1 aromatic carbocycles. The molecule has 0 bridgehead atoms. The van der Waals surface area contributed by atoms with Gasteiger partial charge in [0.2, 0.25) is 23.6 Å². The van der Waals surface area contributed by atoms with Gasteiger partial charge in [0.15, 0.2) is 0 Å². The van der Waals surface area contributed by atoms with Crippen LogP contribution in [0.2, 0.25) is 0 Å². The summed E-state index contributed by atoms with van der Waals surface area (Å²) in [5, 5.41) is 14.9. The third-order valence-corrected chi connectivity index (χ3v) is 6.37. The molecule has 0 radical (unpaired) electrons. The molecule has 1 fully saturated rings. The maximum atomic E-state index is 13.5. The first-order valence-corrected chi connectivity index (χ1v) is 12.3. The zero-order chi connectivity index (χ0) is 27.7. The van der Waals surface area contributed by atoms with E-state index < -0.39 is 53.8 Å². The molecule has 4 amide bonds. The van der Waals surface area contributed by atoms with Crippen LogP contribution in [-0.2, 0) is 36.8 Å². The maximum Gasteiger partial charge on any atom is 0.326 e. The molecule has 4 unspecified atom stereocenters. The van der Waals surface area contributed by atoms with E-state index >= 15 is 0 Å². The van der Waals surface area contributed by atoms with Gasteiger partial charge in [-0.1, -0.05) is 30.3 Å². The summed E-state index contributed by atoms with van der Waals surface area (Å²) in [7, 11) is 0. The summed E-state index contributed by atoms with van der Waals surface area (Å²) >= 11 is 0. The second kappa shape index (κ2) is 13.3. The summed E-state index contributed by atoms with van der Waals surface area (Å²) < 4.78 is 0. The van der Waals surface area contributed by atoms with Crippen molar-refractivity contribution in [3.8, 4) is 0 Å². The summed E-state index contributed by atoms with van der Waals surface area (Å²) in [6.07, 6.45) is 3.83. The number of primary amides is 1. The summed E-state index contributed by atoms with van der Waals surface area (Å²) in [6, 6.07) is 4.74. The number of carbonyl (C=O) groups excluding carboxylic acids is 4. The van der Waals surface area contributed by atoms with Crippen molar-refractivity contribution in [1.29, 1.82) is 0 Å². The van der Waals surface area contributed by atoms with Gasteiger partial charge in [0.1, 0.15) is 18.1 Å². The van der Waals surface area contributed by atoms with Crippen molar-refractivity contribution >= 4 is 29.6 Å². The highest BCUT2D eigenvalue weighted by molar-refractivity contribution is 5.94. The Labute approximate surface area is 219 Å². The molecule has 0 spiro atoms. The first-order valence-electron chi connectivity index (χ1n) is 12.3. The van der Waals surface area contributed by atoms with Crippen molar-refractivity contribution in [2.45, 2.75) is 62.7 Å². The maximum absolute atomic E-state index is 13.5. The molecule has 13 heteroatoms. The fourth-order valence-electron chi connectivity index (χ4n) is 4.34. The lowest BCUT2D eigenvalue weighted by Crippen LogP contribution is -2.58. The summed E-state index contributed by atoms with van der Waals surface area (Å²) in [5.74, 6) is -3.55. The van der Waals surface area contributed by atoms with E-state index in [2.05, 4.69) is 20.6 Å². The molecule has 1 aliphatic rings. The van der Waals surface area contributed by atoms with Gasteiger partial charge < -0.3 is 37.1 Å². The van der Waals surface area contributed by atoms with Gasteiger partial charge in [-0.2, -0.15) is 0 Å². The first-order chi connectivity index (χ1) is 18.2. The third kappa shape index (κ3) is 7.87.